The molecule has 9 heteroatoms. The van der Waals surface area contributed by atoms with Gasteiger partial charge in [0, 0.05) is 11.4 Å². The Labute approximate surface area is 208 Å². The average molecular weight is 509 g/mol. The van der Waals surface area contributed by atoms with E-state index in [2.05, 4.69) is 22.0 Å². The third kappa shape index (κ3) is 9.97. The third-order valence-electron chi connectivity index (χ3n) is 4.53. The molecule has 0 fully saturated rings. The molecule has 1 unspecified atom stereocenters. The molecule has 0 aliphatic carbocycles. The number of benzene rings is 2. The van der Waals surface area contributed by atoms with Crippen molar-refractivity contribution in [1.82, 2.24) is 5.32 Å². The zero-order valence-electron chi connectivity index (χ0n) is 18.2. The summed E-state index contributed by atoms with van der Waals surface area (Å²) in [6, 6.07) is 12.5. The Morgan fingerprint density at radius 1 is 1.12 bits per heavy atom. The Bertz CT molecular complexity index is 990. The number of carbonyl (C=O) groups is 2. The van der Waals surface area contributed by atoms with E-state index in [9.17, 15) is 9.59 Å². The lowest BCUT2D eigenvalue weighted by Crippen LogP contribution is -2.27. The summed E-state index contributed by atoms with van der Waals surface area (Å²) in [5.41, 5.74) is 0.791. The van der Waals surface area contributed by atoms with E-state index >= 15 is 0 Å². The number of nitrogens with two attached hydrogens (primary N) is 1. The summed E-state index contributed by atoms with van der Waals surface area (Å²) < 4.78 is 5.49. The highest BCUT2D eigenvalue weighted by molar-refractivity contribution is 8.00. The highest BCUT2D eigenvalue weighted by Crippen LogP contribution is 2.29. The second-order valence-electron chi connectivity index (χ2n) is 7.00. The van der Waals surface area contributed by atoms with Crippen LogP contribution in [0.5, 0.6) is 5.75 Å². The molecule has 2 aromatic carbocycles. The lowest BCUT2D eigenvalue weighted by Gasteiger charge is -2.14. The predicted molar refractivity (Wildman–Crippen MR) is 132 cm³/mol. The van der Waals surface area contributed by atoms with Gasteiger partial charge in [-0.2, -0.15) is 5.90 Å². The van der Waals surface area contributed by atoms with Gasteiger partial charge in [-0.05, 0) is 68.1 Å². The van der Waals surface area contributed by atoms with Gasteiger partial charge in [0.25, 0.3) is 0 Å². The summed E-state index contributed by atoms with van der Waals surface area (Å²) in [7, 11) is 0. The fourth-order valence-corrected chi connectivity index (χ4v) is 4.23. The topological polar surface area (TPSA) is 90.6 Å². The van der Waals surface area contributed by atoms with Crippen molar-refractivity contribution < 1.29 is 19.2 Å². The summed E-state index contributed by atoms with van der Waals surface area (Å²) in [6.45, 7) is 2.59. The van der Waals surface area contributed by atoms with Gasteiger partial charge in [-0.15, -0.1) is 17.7 Å². The molecule has 1 amide bonds. The van der Waals surface area contributed by atoms with Gasteiger partial charge in [0.05, 0.1) is 16.5 Å². The zero-order chi connectivity index (χ0) is 24.1. The minimum Gasteiger partial charge on any atom is -0.481 e. The predicted octanol–water partition coefficient (Wildman–Crippen LogP) is 4.80. The Morgan fingerprint density at radius 2 is 1.88 bits per heavy atom. The van der Waals surface area contributed by atoms with E-state index in [4.69, 9.17) is 33.8 Å². The number of hydrogen-bond donors (Lipinski definition) is 2. The van der Waals surface area contributed by atoms with E-state index in [0.29, 0.717) is 41.8 Å². The standard InChI is InChI=1S/C24H26Cl2N2O4S/c1-2-3-14-31-18-8-10-19(11-9-18)33-22(24(30)32-27)6-4-5-13-28-23(29)16-17-7-12-20(25)21(26)15-17/h7-12,15,22H,4-6,13-14,16,27H2,1H3,(H,28,29). The van der Waals surface area contributed by atoms with Gasteiger partial charge >= 0.3 is 5.97 Å². The molecule has 0 aromatic heterocycles. The third-order valence-corrected chi connectivity index (χ3v) is 6.53. The van der Waals surface area contributed by atoms with E-state index in [0.717, 1.165) is 16.9 Å². The highest BCUT2D eigenvalue weighted by Gasteiger charge is 2.21. The number of nitrogens with one attached hydrogen (secondary N) is 1. The van der Waals surface area contributed by atoms with Crippen molar-refractivity contribution in [2.45, 2.75) is 42.8 Å². The molecule has 0 aliphatic heterocycles. The Morgan fingerprint density at radius 3 is 2.55 bits per heavy atom. The first-order valence-corrected chi connectivity index (χ1v) is 12.0. The van der Waals surface area contributed by atoms with E-state index in [-0.39, 0.29) is 12.3 Å². The van der Waals surface area contributed by atoms with Crippen LogP contribution in [0.2, 0.25) is 10.0 Å². The number of hydrogen-bond acceptors (Lipinski definition) is 6. The summed E-state index contributed by atoms with van der Waals surface area (Å²) in [5, 5.41) is 3.30. The second kappa shape index (κ2) is 14.7. The van der Waals surface area contributed by atoms with Crippen molar-refractivity contribution >= 4 is 46.8 Å². The van der Waals surface area contributed by atoms with Crippen molar-refractivity contribution in [2.24, 2.45) is 5.90 Å². The largest absolute Gasteiger partial charge is 0.481 e. The minimum absolute atomic E-state index is 0.104. The van der Waals surface area contributed by atoms with Crippen molar-refractivity contribution in [2.75, 3.05) is 13.2 Å². The SMILES string of the molecule is CC#CCOc1ccc(SC(CCCCNC(=O)Cc2ccc(Cl)c(Cl)c2)C(=O)ON)cc1. The molecule has 0 aliphatic rings. The molecule has 33 heavy (non-hydrogen) atoms. The molecule has 0 heterocycles. The van der Waals surface area contributed by atoms with Crippen molar-refractivity contribution in [3.63, 3.8) is 0 Å². The second-order valence-corrected chi connectivity index (χ2v) is 9.09. The molecule has 2 rings (SSSR count). The molecule has 0 saturated carbocycles. The van der Waals surface area contributed by atoms with Crippen molar-refractivity contribution in [3.8, 4) is 17.6 Å². The average Bonchev–Trinajstić information content (AvgIpc) is 2.81. The molecule has 0 bridgehead atoms. The fraction of sp³-hybridized carbons (Fsp3) is 0.333. The van der Waals surface area contributed by atoms with Crippen LogP contribution in [0.15, 0.2) is 47.4 Å². The monoisotopic (exact) mass is 508 g/mol. The summed E-state index contributed by atoms with van der Waals surface area (Å²) in [5.74, 6) is 10.8. The maximum Gasteiger partial charge on any atom is 0.337 e. The molecular weight excluding hydrogens is 483 g/mol. The first-order chi connectivity index (χ1) is 15.9. The van der Waals surface area contributed by atoms with Crippen LogP contribution in [0.4, 0.5) is 0 Å². The maximum absolute atomic E-state index is 12.1. The Hall–Kier alpha value is -2.37. The van der Waals surface area contributed by atoms with E-state index < -0.39 is 11.2 Å². The van der Waals surface area contributed by atoms with Crippen LogP contribution in [0, 0.1) is 11.8 Å². The van der Waals surface area contributed by atoms with Crippen molar-refractivity contribution in [1.29, 1.82) is 0 Å². The van der Waals surface area contributed by atoms with Gasteiger partial charge in [-0.25, -0.2) is 4.79 Å². The maximum atomic E-state index is 12.1. The quantitative estimate of drug-likeness (QED) is 0.185. The number of rotatable bonds is 12. The number of amides is 1. The van der Waals surface area contributed by atoms with E-state index in [1.165, 1.54) is 11.8 Å². The zero-order valence-corrected chi connectivity index (χ0v) is 20.6. The van der Waals surface area contributed by atoms with E-state index in [1.54, 1.807) is 25.1 Å². The lowest BCUT2D eigenvalue weighted by atomic mass is 10.1. The molecule has 0 saturated heterocycles. The number of halogens is 2. The molecule has 0 radical (unpaired) electrons. The fourth-order valence-electron chi connectivity index (χ4n) is 2.85. The summed E-state index contributed by atoms with van der Waals surface area (Å²) in [4.78, 5) is 29.6. The van der Waals surface area contributed by atoms with Crippen LogP contribution < -0.4 is 16.0 Å². The number of ether oxygens (including phenoxy) is 1. The highest BCUT2D eigenvalue weighted by atomic mass is 35.5. The Kier molecular flexibility index (Phi) is 12.0. The van der Waals surface area contributed by atoms with Crippen LogP contribution in [-0.2, 0) is 20.8 Å². The number of carbonyl (C=O) groups excluding carboxylic acids is 2. The van der Waals surface area contributed by atoms with Crippen LogP contribution in [0.3, 0.4) is 0 Å². The van der Waals surface area contributed by atoms with Gasteiger partial charge in [0.1, 0.15) is 17.6 Å². The van der Waals surface area contributed by atoms with Crippen molar-refractivity contribution in [3.05, 3.63) is 58.1 Å². The molecule has 0 spiro atoms. The van der Waals surface area contributed by atoms with Crippen LogP contribution in [0.1, 0.15) is 31.7 Å². The molecule has 176 valence electrons. The molecular formula is C24H26Cl2N2O4S. The van der Waals surface area contributed by atoms with Crippen LogP contribution in [0.25, 0.3) is 0 Å². The normalized spacial score (nSPS) is 11.2. The van der Waals surface area contributed by atoms with Gasteiger partial charge in [-0.3, -0.25) is 4.79 Å². The molecule has 3 N–H and O–H groups in total. The van der Waals surface area contributed by atoms with Gasteiger partial charge in [-0.1, -0.05) is 35.2 Å². The number of thioether (sulfide) groups is 1. The van der Waals surface area contributed by atoms with Crippen LogP contribution in [-0.4, -0.2) is 30.3 Å². The minimum atomic E-state index is -0.484. The van der Waals surface area contributed by atoms with Crippen LogP contribution >= 0.6 is 35.0 Å². The first-order valence-electron chi connectivity index (χ1n) is 10.3. The molecule has 2 aromatic rings. The molecule has 1 atom stereocenters. The Balaban J connectivity index is 1.75. The summed E-state index contributed by atoms with van der Waals surface area (Å²) in [6.07, 6.45) is 2.22. The lowest BCUT2D eigenvalue weighted by molar-refractivity contribution is -0.143. The smallest absolute Gasteiger partial charge is 0.337 e. The van der Waals surface area contributed by atoms with Gasteiger partial charge in [0.2, 0.25) is 5.91 Å². The van der Waals surface area contributed by atoms with Gasteiger partial charge < -0.3 is 14.9 Å². The van der Waals surface area contributed by atoms with E-state index in [1.807, 2.05) is 24.3 Å². The molecule has 6 nitrogen and oxygen atoms in total. The number of unbranched alkanes of at least 4 members (excludes halogenated alkanes) is 1. The summed E-state index contributed by atoms with van der Waals surface area (Å²) >= 11 is 13.2. The first kappa shape index (κ1) is 26.9. The van der Waals surface area contributed by atoms with Gasteiger partial charge in [0.15, 0.2) is 0 Å².